The second-order valence-electron chi connectivity index (χ2n) is 11.5. The molecule has 0 atom stereocenters. The fraction of sp³-hybridized carbons (Fsp3) is 0.342. The first kappa shape index (κ1) is 31.7. The van der Waals surface area contributed by atoms with Crippen molar-refractivity contribution in [1.29, 1.82) is 0 Å². The predicted molar refractivity (Wildman–Crippen MR) is 188 cm³/mol. The Hall–Kier alpha value is -3.74. The summed E-state index contributed by atoms with van der Waals surface area (Å²) in [6, 6.07) is 22.7. The van der Waals surface area contributed by atoms with Gasteiger partial charge in [-0.1, -0.05) is 68.6 Å². The highest BCUT2D eigenvalue weighted by molar-refractivity contribution is 7.99. The van der Waals surface area contributed by atoms with Gasteiger partial charge in [-0.2, -0.15) is 0 Å². The second-order valence-corrected chi connectivity index (χ2v) is 12.3. The minimum absolute atomic E-state index is 0.126. The van der Waals surface area contributed by atoms with Crippen molar-refractivity contribution < 1.29 is 9.53 Å². The zero-order valence-electron chi connectivity index (χ0n) is 27.2. The Bertz CT molecular complexity index is 1630. The van der Waals surface area contributed by atoms with Gasteiger partial charge in [-0.25, -0.2) is 0 Å². The highest BCUT2D eigenvalue weighted by Gasteiger charge is 2.29. The molecule has 1 N–H and O–H groups in total. The predicted octanol–water partition coefficient (Wildman–Crippen LogP) is 9.08. The SMILES string of the molecule is CCc1c(C)c2c(c(C)c1-c1ccc(C)cc1)-c1ccc(NC(=O)c3ccc(OCCN(CC)CC)cc3)cc1CN2SC. The van der Waals surface area contributed by atoms with Gasteiger partial charge in [0.1, 0.15) is 12.4 Å². The molecule has 0 unspecified atom stereocenters. The lowest BCUT2D eigenvalue weighted by Gasteiger charge is -2.36. The number of carbonyl (C=O) groups excluding carboxylic acids is 1. The number of ether oxygens (including phenoxy) is 1. The summed E-state index contributed by atoms with van der Waals surface area (Å²) in [6.45, 7) is 17.6. The van der Waals surface area contributed by atoms with Crippen LogP contribution >= 0.6 is 11.9 Å². The van der Waals surface area contributed by atoms with Gasteiger partial charge >= 0.3 is 0 Å². The first-order chi connectivity index (χ1) is 21.3. The Morgan fingerprint density at radius 3 is 2.25 bits per heavy atom. The standard InChI is InChI=1S/C38H45N3O2S/c1-8-33-26(5)37-36(27(6)35(33)28-13-11-25(4)12-14-28)34-20-17-31(23-30(34)24-41(37)44-7)39-38(42)29-15-18-32(19-16-29)43-22-21-40(9-2)10-3/h11-20,23H,8-10,21-22,24H2,1-7H3,(H,39,42). The average Bonchev–Trinajstić information content (AvgIpc) is 3.04. The summed E-state index contributed by atoms with van der Waals surface area (Å²) in [5.41, 5.74) is 14.4. The van der Waals surface area contributed by atoms with E-state index in [1.165, 1.54) is 55.8 Å². The van der Waals surface area contributed by atoms with Crippen LogP contribution in [0, 0.1) is 20.8 Å². The van der Waals surface area contributed by atoms with Crippen molar-refractivity contribution in [2.45, 2.75) is 54.5 Å². The molecule has 0 aliphatic carbocycles. The van der Waals surface area contributed by atoms with Crippen LogP contribution in [-0.4, -0.2) is 43.3 Å². The summed E-state index contributed by atoms with van der Waals surface area (Å²) in [4.78, 5) is 15.5. The van der Waals surface area contributed by atoms with E-state index in [1.54, 1.807) is 11.9 Å². The van der Waals surface area contributed by atoms with Crippen molar-refractivity contribution in [3.05, 3.63) is 100 Å². The summed E-state index contributed by atoms with van der Waals surface area (Å²) in [6.07, 6.45) is 3.12. The quantitative estimate of drug-likeness (QED) is 0.172. The van der Waals surface area contributed by atoms with Crippen molar-refractivity contribution in [3.63, 3.8) is 0 Å². The molecule has 5 rings (SSSR count). The van der Waals surface area contributed by atoms with Crippen molar-refractivity contribution in [2.75, 3.05) is 42.1 Å². The fourth-order valence-corrected chi connectivity index (χ4v) is 7.09. The first-order valence-corrected chi connectivity index (χ1v) is 16.9. The van der Waals surface area contributed by atoms with E-state index < -0.39 is 0 Å². The molecule has 1 aliphatic rings. The van der Waals surface area contributed by atoms with Crippen molar-refractivity contribution in [2.24, 2.45) is 0 Å². The molecule has 0 aromatic heterocycles. The molecule has 230 valence electrons. The maximum atomic E-state index is 13.2. The third-order valence-electron chi connectivity index (χ3n) is 8.89. The molecule has 0 bridgehead atoms. The highest BCUT2D eigenvalue weighted by Crippen LogP contribution is 2.50. The Morgan fingerprint density at radius 1 is 0.909 bits per heavy atom. The molecule has 1 heterocycles. The van der Waals surface area contributed by atoms with Crippen LogP contribution < -0.4 is 14.4 Å². The lowest BCUT2D eigenvalue weighted by molar-refractivity contribution is 0.102. The van der Waals surface area contributed by atoms with Gasteiger partial charge in [-0.15, -0.1) is 0 Å². The lowest BCUT2D eigenvalue weighted by Crippen LogP contribution is -2.27. The van der Waals surface area contributed by atoms with E-state index in [1.807, 2.05) is 30.3 Å². The largest absolute Gasteiger partial charge is 0.492 e. The maximum absolute atomic E-state index is 13.2. The van der Waals surface area contributed by atoms with Gasteiger partial charge in [0.05, 0.1) is 12.2 Å². The van der Waals surface area contributed by atoms with Crippen LogP contribution in [0.15, 0.2) is 66.7 Å². The van der Waals surface area contributed by atoms with Crippen LogP contribution in [0.3, 0.4) is 0 Å². The molecule has 4 aromatic rings. The van der Waals surface area contributed by atoms with Crippen molar-refractivity contribution in [3.8, 4) is 28.0 Å². The Balaban J connectivity index is 1.42. The molecular formula is C38H45N3O2S. The van der Waals surface area contributed by atoms with Crippen molar-refractivity contribution >= 4 is 29.2 Å². The number of anilines is 2. The van der Waals surface area contributed by atoms with Crippen LogP contribution in [0.2, 0.25) is 0 Å². The van der Waals surface area contributed by atoms with Gasteiger partial charge in [0.15, 0.2) is 0 Å². The van der Waals surface area contributed by atoms with Gasteiger partial charge in [-0.3, -0.25) is 4.79 Å². The van der Waals surface area contributed by atoms with E-state index in [0.717, 1.165) is 44.0 Å². The molecule has 5 nitrogen and oxygen atoms in total. The molecule has 1 aliphatic heterocycles. The number of amides is 1. The number of fused-ring (bicyclic) bond motifs is 3. The summed E-state index contributed by atoms with van der Waals surface area (Å²) in [7, 11) is 0. The smallest absolute Gasteiger partial charge is 0.255 e. The van der Waals surface area contributed by atoms with Crippen LogP contribution in [-0.2, 0) is 13.0 Å². The first-order valence-electron chi connectivity index (χ1n) is 15.7. The molecular weight excluding hydrogens is 563 g/mol. The number of nitrogens with one attached hydrogen (secondary N) is 1. The average molecular weight is 608 g/mol. The summed E-state index contributed by atoms with van der Waals surface area (Å²) < 4.78 is 8.30. The second kappa shape index (κ2) is 13.9. The number of rotatable bonds is 11. The van der Waals surface area contributed by atoms with E-state index in [4.69, 9.17) is 4.74 Å². The number of hydrogen-bond donors (Lipinski definition) is 1. The van der Waals surface area contributed by atoms with E-state index in [0.29, 0.717) is 12.2 Å². The molecule has 0 saturated heterocycles. The number of nitrogens with zero attached hydrogens (tertiary/aromatic N) is 2. The minimum Gasteiger partial charge on any atom is -0.492 e. The topological polar surface area (TPSA) is 44.8 Å². The zero-order chi connectivity index (χ0) is 31.4. The van der Waals surface area contributed by atoms with Gasteiger partial charge in [0.25, 0.3) is 5.91 Å². The number of likely N-dealkylation sites (N-methyl/N-ethyl adjacent to an activating group) is 1. The van der Waals surface area contributed by atoms with Crippen LogP contribution in [0.25, 0.3) is 22.3 Å². The molecule has 4 aromatic carbocycles. The summed E-state index contributed by atoms with van der Waals surface area (Å²) in [5.74, 6) is 0.652. The van der Waals surface area contributed by atoms with Gasteiger partial charge in [0, 0.05) is 29.6 Å². The maximum Gasteiger partial charge on any atom is 0.255 e. The summed E-state index contributed by atoms with van der Waals surface area (Å²) in [5, 5.41) is 3.13. The Morgan fingerprint density at radius 2 is 1.61 bits per heavy atom. The molecule has 0 radical (unpaired) electrons. The fourth-order valence-electron chi connectivity index (χ4n) is 6.42. The van der Waals surface area contributed by atoms with Crippen molar-refractivity contribution in [1.82, 2.24) is 4.90 Å². The molecule has 0 spiro atoms. The van der Waals surface area contributed by atoms with E-state index in [2.05, 4.69) is 98.7 Å². The normalized spacial score (nSPS) is 12.2. The van der Waals surface area contributed by atoms with E-state index in [9.17, 15) is 4.79 Å². The number of benzene rings is 4. The molecule has 44 heavy (non-hydrogen) atoms. The van der Waals surface area contributed by atoms with E-state index >= 15 is 0 Å². The third-order valence-corrected chi connectivity index (χ3v) is 9.65. The van der Waals surface area contributed by atoms with Gasteiger partial charge in [0.2, 0.25) is 0 Å². The minimum atomic E-state index is -0.126. The van der Waals surface area contributed by atoms with Crippen LogP contribution in [0.1, 0.15) is 58.9 Å². The highest BCUT2D eigenvalue weighted by atomic mass is 32.2. The summed E-state index contributed by atoms with van der Waals surface area (Å²) >= 11 is 1.76. The van der Waals surface area contributed by atoms with Crippen LogP contribution in [0.4, 0.5) is 11.4 Å². The zero-order valence-corrected chi connectivity index (χ0v) is 28.0. The van der Waals surface area contributed by atoms with Gasteiger partial charge < -0.3 is 19.3 Å². The number of hydrogen-bond acceptors (Lipinski definition) is 5. The Labute approximate surface area is 267 Å². The third kappa shape index (κ3) is 6.38. The van der Waals surface area contributed by atoms with E-state index in [-0.39, 0.29) is 5.91 Å². The monoisotopic (exact) mass is 607 g/mol. The molecule has 1 amide bonds. The number of aryl methyl sites for hydroxylation is 1. The number of carbonyl (C=O) groups is 1. The Kier molecular flexibility index (Phi) is 10.0. The van der Waals surface area contributed by atoms with Crippen LogP contribution in [0.5, 0.6) is 5.75 Å². The lowest BCUT2D eigenvalue weighted by atomic mass is 9.81. The molecule has 0 saturated carbocycles. The van der Waals surface area contributed by atoms with Gasteiger partial charge in [-0.05, 0) is 116 Å². The molecule has 6 heteroatoms. The molecule has 0 fully saturated rings.